The molecule has 0 saturated heterocycles. The van der Waals surface area contributed by atoms with Gasteiger partial charge in [0.25, 0.3) is 0 Å². The number of hydrogen-bond acceptors (Lipinski definition) is 4. The molecule has 0 aromatic rings. The summed E-state index contributed by atoms with van der Waals surface area (Å²) < 4.78 is 0. The van der Waals surface area contributed by atoms with Crippen LogP contribution < -0.4 is 5.32 Å². The van der Waals surface area contributed by atoms with Crippen LogP contribution in [0.2, 0.25) is 0 Å². The minimum absolute atomic E-state index is 0.360. The zero-order valence-corrected chi connectivity index (χ0v) is 49.1. The Morgan fingerprint density at radius 3 is 0.806 bits per heavy atom. The van der Waals surface area contributed by atoms with E-state index in [-0.39, 0.29) is 6.61 Å². The van der Waals surface area contributed by atoms with Gasteiger partial charge in [-0.25, -0.2) is 0 Å². The van der Waals surface area contributed by atoms with Gasteiger partial charge in [-0.3, -0.25) is 4.79 Å². The number of amides is 1. The van der Waals surface area contributed by atoms with Crippen LogP contribution in [0.5, 0.6) is 0 Å². The lowest BCUT2D eigenvalue weighted by atomic mass is 10.0. The lowest BCUT2D eigenvalue weighted by molar-refractivity contribution is -0.131. The summed E-state index contributed by atoms with van der Waals surface area (Å²) in [5.74, 6) is -0.496. The number of allylic oxidation sites excluding steroid dienone is 3. The zero-order valence-electron chi connectivity index (χ0n) is 49.1. The van der Waals surface area contributed by atoms with Gasteiger partial charge in [-0.1, -0.05) is 353 Å². The van der Waals surface area contributed by atoms with Gasteiger partial charge >= 0.3 is 0 Å². The Kier molecular flexibility index (Phi) is 61.4. The van der Waals surface area contributed by atoms with E-state index in [0.29, 0.717) is 6.42 Å². The van der Waals surface area contributed by atoms with E-state index in [4.69, 9.17) is 0 Å². The Morgan fingerprint density at radius 2 is 0.556 bits per heavy atom. The molecule has 0 spiro atoms. The number of hydrogen-bond donors (Lipinski definition) is 4. The first-order chi connectivity index (χ1) is 35.6. The van der Waals surface area contributed by atoms with Gasteiger partial charge in [0.1, 0.15) is 6.10 Å². The standard InChI is InChI=1S/C67H131NO4/c1-3-5-7-9-11-13-15-17-19-21-23-25-27-28-29-30-31-32-33-34-35-36-37-38-39-40-42-44-46-48-50-52-54-56-58-60-62-66(71)67(72)68-64(63-69)65(70)61-59-57-55-53-51-49-47-45-43-41-26-24-22-20-18-16-14-12-10-8-6-4-2/h32-33,59,61,64-66,69-71H,3-31,34-58,60,62-63H2,1-2H3,(H,68,72)/b33-32-,61-59+. The van der Waals surface area contributed by atoms with Crippen molar-refractivity contribution in [3.05, 3.63) is 24.3 Å². The van der Waals surface area contributed by atoms with Crippen LogP contribution in [0.4, 0.5) is 0 Å². The van der Waals surface area contributed by atoms with E-state index in [1.165, 1.54) is 321 Å². The normalized spacial score (nSPS) is 13.2. The number of unbranched alkanes of at least 4 members (excludes halogenated alkanes) is 52. The summed E-state index contributed by atoms with van der Waals surface area (Å²) in [6.45, 7) is 4.23. The van der Waals surface area contributed by atoms with Gasteiger partial charge in [0.15, 0.2) is 0 Å². The predicted molar refractivity (Wildman–Crippen MR) is 319 cm³/mol. The first-order valence-electron chi connectivity index (χ1n) is 33.2. The summed E-state index contributed by atoms with van der Waals surface area (Å²) in [4.78, 5) is 12.6. The van der Waals surface area contributed by atoms with Crippen molar-refractivity contribution in [3.63, 3.8) is 0 Å². The molecule has 0 saturated carbocycles. The van der Waals surface area contributed by atoms with Crippen LogP contribution >= 0.6 is 0 Å². The van der Waals surface area contributed by atoms with E-state index in [1.807, 2.05) is 6.08 Å². The highest BCUT2D eigenvalue weighted by Gasteiger charge is 2.22. The van der Waals surface area contributed by atoms with Gasteiger partial charge in [0.2, 0.25) is 5.91 Å². The Hall–Kier alpha value is -1.17. The molecule has 5 heteroatoms. The highest BCUT2D eigenvalue weighted by atomic mass is 16.3. The van der Waals surface area contributed by atoms with Crippen LogP contribution in [0.3, 0.4) is 0 Å². The first kappa shape index (κ1) is 70.8. The third kappa shape index (κ3) is 56.6. The summed E-state index contributed by atoms with van der Waals surface area (Å²) in [6, 6.07) is -0.797. The molecule has 0 aromatic heterocycles. The van der Waals surface area contributed by atoms with Crippen LogP contribution in [0.15, 0.2) is 24.3 Å². The topological polar surface area (TPSA) is 89.8 Å². The van der Waals surface area contributed by atoms with Gasteiger partial charge in [0.05, 0.1) is 18.8 Å². The third-order valence-corrected chi connectivity index (χ3v) is 15.8. The third-order valence-electron chi connectivity index (χ3n) is 15.8. The van der Waals surface area contributed by atoms with Crippen molar-refractivity contribution in [1.29, 1.82) is 0 Å². The fraction of sp³-hybridized carbons (Fsp3) is 0.925. The van der Waals surface area contributed by atoms with Crippen molar-refractivity contribution in [2.24, 2.45) is 0 Å². The number of nitrogens with one attached hydrogen (secondary N) is 1. The molecule has 4 N–H and O–H groups in total. The quantitative estimate of drug-likeness (QED) is 0.0361. The Balaban J connectivity index is 3.48. The fourth-order valence-electron chi connectivity index (χ4n) is 10.7. The molecule has 3 atom stereocenters. The van der Waals surface area contributed by atoms with Gasteiger partial charge in [0, 0.05) is 0 Å². The van der Waals surface area contributed by atoms with E-state index in [9.17, 15) is 20.1 Å². The predicted octanol–water partition coefficient (Wildman–Crippen LogP) is 21.2. The zero-order chi connectivity index (χ0) is 52.2. The first-order valence-corrected chi connectivity index (χ1v) is 33.2. The molecule has 0 bridgehead atoms. The number of aliphatic hydroxyl groups excluding tert-OH is 3. The lowest BCUT2D eigenvalue weighted by Crippen LogP contribution is -2.48. The number of carbonyl (C=O) groups is 1. The summed E-state index contributed by atoms with van der Waals surface area (Å²) in [5.41, 5.74) is 0. The summed E-state index contributed by atoms with van der Waals surface area (Å²) in [7, 11) is 0. The highest BCUT2D eigenvalue weighted by Crippen LogP contribution is 2.19. The molecule has 0 heterocycles. The van der Waals surface area contributed by atoms with E-state index in [0.717, 1.165) is 32.1 Å². The molecule has 0 fully saturated rings. The van der Waals surface area contributed by atoms with Crippen molar-refractivity contribution in [1.82, 2.24) is 5.32 Å². The monoisotopic (exact) mass is 1010 g/mol. The molecule has 3 unspecified atom stereocenters. The maximum absolute atomic E-state index is 12.6. The molecule has 72 heavy (non-hydrogen) atoms. The second kappa shape index (κ2) is 62.4. The van der Waals surface area contributed by atoms with E-state index in [1.54, 1.807) is 6.08 Å². The molecule has 0 aromatic carbocycles. The smallest absolute Gasteiger partial charge is 0.249 e. The number of aliphatic hydroxyl groups is 3. The van der Waals surface area contributed by atoms with Gasteiger partial charge in [-0.2, -0.15) is 0 Å². The second-order valence-corrected chi connectivity index (χ2v) is 23.0. The van der Waals surface area contributed by atoms with E-state index in [2.05, 4.69) is 31.3 Å². The van der Waals surface area contributed by atoms with Crippen LogP contribution in [-0.4, -0.2) is 46.1 Å². The van der Waals surface area contributed by atoms with Gasteiger partial charge < -0.3 is 20.6 Å². The maximum atomic E-state index is 12.6. The van der Waals surface area contributed by atoms with Gasteiger partial charge in [-0.05, 0) is 44.9 Å². The Morgan fingerprint density at radius 1 is 0.333 bits per heavy atom. The molecule has 5 nitrogen and oxygen atoms in total. The SMILES string of the molecule is CCCCCCCCCCCCCCCCCC/C=C\CCCCCCCCCCCCCCCCCCC(O)C(=O)NC(CO)C(O)/C=C/CCCCCCCCCCCCCCCCCCCCCC. The number of carbonyl (C=O) groups excluding carboxylic acids is 1. The van der Waals surface area contributed by atoms with Crippen LogP contribution in [0, 0.1) is 0 Å². The van der Waals surface area contributed by atoms with Crippen LogP contribution in [0.1, 0.15) is 373 Å². The molecule has 0 rings (SSSR count). The van der Waals surface area contributed by atoms with Gasteiger partial charge in [-0.15, -0.1) is 0 Å². The van der Waals surface area contributed by atoms with Crippen molar-refractivity contribution in [3.8, 4) is 0 Å². The highest BCUT2D eigenvalue weighted by molar-refractivity contribution is 5.80. The molecule has 1 amide bonds. The molecule has 428 valence electrons. The van der Waals surface area contributed by atoms with E-state index >= 15 is 0 Å². The largest absolute Gasteiger partial charge is 0.394 e. The molecule has 0 aliphatic rings. The number of rotatable bonds is 62. The lowest BCUT2D eigenvalue weighted by Gasteiger charge is -2.21. The van der Waals surface area contributed by atoms with Crippen LogP contribution in [-0.2, 0) is 4.79 Å². The average Bonchev–Trinajstić information content (AvgIpc) is 3.39. The van der Waals surface area contributed by atoms with Crippen molar-refractivity contribution >= 4 is 5.91 Å². The van der Waals surface area contributed by atoms with Crippen molar-refractivity contribution < 1.29 is 20.1 Å². The Bertz CT molecular complexity index is 1080. The summed E-state index contributed by atoms with van der Waals surface area (Å²) in [6.07, 6.45) is 81.6. The molecule has 0 radical (unpaired) electrons. The van der Waals surface area contributed by atoms with E-state index < -0.39 is 24.2 Å². The van der Waals surface area contributed by atoms with Crippen molar-refractivity contribution in [2.75, 3.05) is 6.61 Å². The minimum atomic E-state index is -1.10. The minimum Gasteiger partial charge on any atom is -0.394 e. The van der Waals surface area contributed by atoms with Crippen LogP contribution in [0.25, 0.3) is 0 Å². The average molecular weight is 1010 g/mol. The second-order valence-electron chi connectivity index (χ2n) is 23.0. The summed E-state index contributed by atoms with van der Waals surface area (Å²) >= 11 is 0. The summed E-state index contributed by atoms with van der Waals surface area (Å²) in [5, 5.41) is 33.5. The van der Waals surface area contributed by atoms with Crippen molar-refractivity contribution in [2.45, 2.75) is 392 Å². The maximum Gasteiger partial charge on any atom is 0.249 e. The molecule has 0 aliphatic carbocycles. The Labute approximate surface area is 452 Å². The fourth-order valence-corrected chi connectivity index (χ4v) is 10.7. The molecular formula is C67H131NO4. The molecular weight excluding hydrogens is 883 g/mol. The molecule has 0 aliphatic heterocycles.